The monoisotopic (exact) mass is 399 g/mol. The highest BCUT2D eigenvalue weighted by molar-refractivity contribution is 7.17. The van der Waals surface area contributed by atoms with Crippen LogP contribution in [0.5, 0.6) is 0 Å². The van der Waals surface area contributed by atoms with Crippen molar-refractivity contribution in [1.29, 1.82) is 0 Å². The van der Waals surface area contributed by atoms with Crippen LogP contribution in [0.15, 0.2) is 30.5 Å². The quantitative estimate of drug-likeness (QED) is 0.782. The maximum atomic E-state index is 12.9. The number of carbonyl (C=O) groups excluding carboxylic acids is 2. The molecule has 1 saturated heterocycles. The summed E-state index contributed by atoms with van der Waals surface area (Å²) >= 11 is 1.39. The lowest BCUT2D eigenvalue weighted by atomic mass is 9.98. The average molecular weight is 400 g/mol. The van der Waals surface area contributed by atoms with Crippen LogP contribution in [0, 0.1) is 5.92 Å². The largest absolute Gasteiger partial charge is 0.466 e. The van der Waals surface area contributed by atoms with E-state index < -0.39 is 0 Å². The Balaban J connectivity index is 1.36. The van der Waals surface area contributed by atoms with Gasteiger partial charge in [0, 0.05) is 19.1 Å². The summed E-state index contributed by atoms with van der Waals surface area (Å²) in [7, 11) is 0. The molecule has 1 aliphatic heterocycles. The third-order valence-electron chi connectivity index (χ3n) is 5.42. The highest BCUT2D eigenvalue weighted by Gasteiger charge is 2.30. The van der Waals surface area contributed by atoms with E-state index in [0.29, 0.717) is 30.6 Å². The van der Waals surface area contributed by atoms with Crippen LogP contribution in [-0.4, -0.2) is 47.5 Å². The Labute approximate surface area is 168 Å². The van der Waals surface area contributed by atoms with Gasteiger partial charge in [0.1, 0.15) is 4.88 Å². The maximum Gasteiger partial charge on any atom is 0.310 e. The molecule has 0 saturated carbocycles. The number of hydrogen-bond acceptors (Lipinski definition) is 6. The molecule has 2 heterocycles. The SMILES string of the molecule is CCOC(=O)[C@H]1CCCN(C(=O)c2cnc(NC3Cc4ccccc4C3)s2)C1. The maximum absolute atomic E-state index is 12.9. The molecular formula is C21H25N3O3S. The van der Waals surface area contributed by atoms with Gasteiger partial charge in [0.15, 0.2) is 5.13 Å². The normalized spacial score (nSPS) is 19.3. The zero-order valence-electron chi connectivity index (χ0n) is 16.0. The second-order valence-corrected chi connectivity index (χ2v) is 8.42. The van der Waals surface area contributed by atoms with E-state index in [-0.39, 0.29) is 17.8 Å². The van der Waals surface area contributed by atoms with Gasteiger partial charge in [-0.1, -0.05) is 35.6 Å². The zero-order chi connectivity index (χ0) is 19.5. The molecule has 28 heavy (non-hydrogen) atoms. The van der Waals surface area contributed by atoms with E-state index in [1.165, 1.54) is 22.5 Å². The van der Waals surface area contributed by atoms with Crippen molar-refractivity contribution in [2.24, 2.45) is 5.92 Å². The molecule has 1 aromatic heterocycles. The van der Waals surface area contributed by atoms with Crippen LogP contribution in [0.4, 0.5) is 5.13 Å². The number of anilines is 1. The first-order valence-corrected chi connectivity index (χ1v) is 10.7. The first kappa shape index (κ1) is 18.9. The lowest BCUT2D eigenvalue weighted by Gasteiger charge is -2.31. The Hall–Kier alpha value is -2.41. The number of hydrogen-bond donors (Lipinski definition) is 1. The summed E-state index contributed by atoms with van der Waals surface area (Å²) in [6.45, 7) is 3.28. The van der Waals surface area contributed by atoms with Crippen LogP contribution in [0.2, 0.25) is 0 Å². The summed E-state index contributed by atoms with van der Waals surface area (Å²) in [6, 6.07) is 8.80. The molecule has 148 valence electrons. The van der Waals surface area contributed by atoms with Crippen LogP contribution in [0.1, 0.15) is 40.6 Å². The lowest BCUT2D eigenvalue weighted by Crippen LogP contribution is -2.42. The number of nitrogens with zero attached hydrogens (tertiary/aromatic N) is 2. The summed E-state index contributed by atoms with van der Waals surface area (Å²) in [5, 5.41) is 4.25. The molecular weight excluding hydrogens is 374 g/mol. The van der Waals surface area contributed by atoms with Crippen molar-refractivity contribution < 1.29 is 14.3 Å². The summed E-state index contributed by atoms with van der Waals surface area (Å²) in [5.74, 6) is -0.470. The van der Waals surface area contributed by atoms with Crippen molar-refractivity contribution >= 4 is 28.3 Å². The molecule has 2 aromatic rings. The van der Waals surface area contributed by atoms with Gasteiger partial charge < -0.3 is 15.0 Å². The smallest absolute Gasteiger partial charge is 0.310 e. The number of amides is 1. The van der Waals surface area contributed by atoms with E-state index in [9.17, 15) is 9.59 Å². The average Bonchev–Trinajstić information content (AvgIpc) is 3.34. The number of ether oxygens (including phenoxy) is 1. The predicted molar refractivity (Wildman–Crippen MR) is 109 cm³/mol. The second kappa shape index (κ2) is 8.31. The minimum atomic E-state index is -0.222. The number of fused-ring (bicyclic) bond motifs is 1. The third kappa shape index (κ3) is 4.04. The van der Waals surface area contributed by atoms with Gasteiger partial charge in [-0.25, -0.2) is 4.98 Å². The van der Waals surface area contributed by atoms with Crippen LogP contribution in [0.25, 0.3) is 0 Å². The molecule has 1 atom stereocenters. The minimum absolute atomic E-state index is 0.0470. The fraction of sp³-hybridized carbons (Fsp3) is 0.476. The van der Waals surface area contributed by atoms with Gasteiger partial charge in [-0.2, -0.15) is 0 Å². The van der Waals surface area contributed by atoms with Crippen molar-refractivity contribution in [3.05, 3.63) is 46.5 Å². The van der Waals surface area contributed by atoms with Crippen LogP contribution in [-0.2, 0) is 22.4 Å². The summed E-state index contributed by atoms with van der Waals surface area (Å²) < 4.78 is 5.12. The number of rotatable bonds is 5. The Morgan fingerprint density at radius 2 is 2.04 bits per heavy atom. The molecule has 1 fully saturated rings. The van der Waals surface area contributed by atoms with Gasteiger partial charge in [-0.15, -0.1) is 0 Å². The molecule has 1 aliphatic carbocycles. The molecule has 7 heteroatoms. The number of aromatic nitrogens is 1. The number of piperidine rings is 1. The van der Waals surface area contributed by atoms with Crippen LogP contribution in [0.3, 0.4) is 0 Å². The van der Waals surface area contributed by atoms with Crippen molar-refractivity contribution in [2.45, 2.75) is 38.6 Å². The summed E-state index contributed by atoms with van der Waals surface area (Å²) in [6.07, 6.45) is 5.20. The summed E-state index contributed by atoms with van der Waals surface area (Å²) in [5.41, 5.74) is 2.76. The van der Waals surface area contributed by atoms with Crippen LogP contribution < -0.4 is 5.32 Å². The lowest BCUT2D eigenvalue weighted by molar-refractivity contribution is -0.149. The highest BCUT2D eigenvalue weighted by Crippen LogP contribution is 2.28. The van der Waals surface area contributed by atoms with E-state index in [0.717, 1.165) is 30.8 Å². The topological polar surface area (TPSA) is 71.5 Å². The van der Waals surface area contributed by atoms with E-state index in [2.05, 4.69) is 34.6 Å². The molecule has 1 amide bonds. The van der Waals surface area contributed by atoms with Gasteiger partial charge >= 0.3 is 5.97 Å². The van der Waals surface area contributed by atoms with Gasteiger partial charge in [0.2, 0.25) is 0 Å². The molecule has 0 radical (unpaired) electrons. The zero-order valence-corrected chi connectivity index (χ0v) is 16.8. The number of esters is 1. The van der Waals surface area contributed by atoms with Crippen LogP contribution >= 0.6 is 11.3 Å². The number of nitrogens with one attached hydrogen (secondary N) is 1. The summed E-state index contributed by atoms with van der Waals surface area (Å²) in [4.78, 5) is 31.7. The third-order valence-corrected chi connectivity index (χ3v) is 6.34. The van der Waals surface area contributed by atoms with Crippen molar-refractivity contribution in [3.8, 4) is 0 Å². The molecule has 0 spiro atoms. The number of carbonyl (C=O) groups is 2. The molecule has 1 N–H and O–H groups in total. The Kier molecular flexibility index (Phi) is 5.62. The Bertz CT molecular complexity index is 841. The second-order valence-electron chi connectivity index (χ2n) is 7.39. The van der Waals surface area contributed by atoms with Gasteiger partial charge in [-0.05, 0) is 43.7 Å². The van der Waals surface area contributed by atoms with E-state index in [1.54, 1.807) is 18.0 Å². The first-order valence-electron chi connectivity index (χ1n) is 9.89. The fourth-order valence-electron chi connectivity index (χ4n) is 4.05. The van der Waals surface area contributed by atoms with Gasteiger partial charge in [0.25, 0.3) is 5.91 Å². The van der Waals surface area contributed by atoms with E-state index in [4.69, 9.17) is 4.74 Å². The minimum Gasteiger partial charge on any atom is -0.466 e. The fourth-order valence-corrected chi connectivity index (χ4v) is 4.91. The van der Waals surface area contributed by atoms with Crippen molar-refractivity contribution in [2.75, 3.05) is 25.0 Å². The molecule has 6 nitrogen and oxygen atoms in total. The van der Waals surface area contributed by atoms with E-state index in [1.807, 2.05) is 0 Å². The molecule has 1 aromatic carbocycles. The first-order chi connectivity index (χ1) is 13.6. The molecule has 2 aliphatic rings. The molecule has 4 rings (SSSR count). The Morgan fingerprint density at radius 1 is 1.29 bits per heavy atom. The van der Waals surface area contributed by atoms with E-state index >= 15 is 0 Å². The molecule has 0 bridgehead atoms. The van der Waals surface area contributed by atoms with Crippen molar-refractivity contribution in [1.82, 2.24) is 9.88 Å². The molecule has 0 unspecified atom stereocenters. The Morgan fingerprint density at radius 3 is 2.75 bits per heavy atom. The van der Waals surface area contributed by atoms with Crippen molar-refractivity contribution in [3.63, 3.8) is 0 Å². The highest BCUT2D eigenvalue weighted by atomic mass is 32.1. The number of benzene rings is 1. The number of likely N-dealkylation sites (tertiary alicyclic amines) is 1. The number of thiazole rings is 1. The van der Waals surface area contributed by atoms with Gasteiger partial charge in [0.05, 0.1) is 18.7 Å². The predicted octanol–water partition coefficient (Wildman–Crippen LogP) is 3.14. The standard InChI is InChI=1S/C21H25N3O3S/c1-2-27-20(26)16-8-5-9-24(13-16)19(25)18-12-22-21(28-18)23-17-10-14-6-3-4-7-15(14)11-17/h3-4,6-7,12,16-17H,2,5,8-11,13H2,1H3,(H,22,23)/t16-/m0/s1. The van der Waals surface area contributed by atoms with Gasteiger partial charge in [-0.3, -0.25) is 9.59 Å².